The first-order valence-electron chi connectivity index (χ1n) is 13.4. The van der Waals surface area contributed by atoms with Gasteiger partial charge in [0.25, 0.3) is 0 Å². The maximum atomic E-state index is 12.1. The standard InChI is InChI=1S/C27H55NO/c1-4-6-8-10-13-17-21-26(3)25-27(29)22-18-14-12-16-20-24-28-23-19-15-11-9-7-5-2/h26,28H,4-25H2,1-3H3. The zero-order valence-electron chi connectivity index (χ0n) is 20.5. The molecule has 29 heavy (non-hydrogen) atoms. The fourth-order valence-electron chi connectivity index (χ4n) is 4.12. The fourth-order valence-corrected chi connectivity index (χ4v) is 4.12. The summed E-state index contributed by atoms with van der Waals surface area (Å²) in [6, 6.07) is 0. The first-order valence-corrected chi connectivity index (χ1v) is 13.4. The van der Waals surface area contributed by atoms with Crippen LogP contribution in [0.2, 0.25) is 0 Å². The number of rotatable bonds is 24. The topological polar surface area (TPSA) is 29.1 Å². The van der Waals surface area contributed by atoms with Gasteiger partial charge in [0, 0.05) is 12.8 Å². The molecule has 0 saturated carbocycles. The van der Waals surface area contributed by atoms with Crippen molar-refractivity contribution >= 4 is 5.78 Å². The molecule has 0 aromatic heterocycles. The van der Waals surface area contributed by atoms with E-state index in [0.29, 0.717) is 11.7 Å². The van der Waals surface area contributed by atoms with E-state index in [1.807, 2.05) is 0 Å². The summed E-state index contributed by atoms with van der Waals surface area (Å²) in [5.74, 6) is 1.09. The van der Waals surface area contributed by atoms with Crippen molar-refractivity contribution in [2.45, 2.75) is 149 Å². The van der Waals surface area contributed by atoms with Crippen LogP contribution in [0.4, 0.5) is 0 Å². The molecule has 0 aliphatic carbocycles. The van der Waals surface area contributed by atoms with Gasteiger partial charge in [0.1, 0.15) is 5.78 Å². The molecule has 1 atom stereocenters. The van der Waals surface area contributed by atoms with Crippen molar-refractivity contribution in [3.05, 3.63) is 0 Å². The van der Waals surface area contributed by atoms with E-state index in [-0.39, 0.29) is 0 Å². The number of nitrogens with one attached hydrogen (secondary N) is 1. The number of ketones is 1. The predicted octanol–water partition coefficient (Wildman–Crippen LogP) is 8.62. The summed E-state index contributed by atoms with van der Waals surface area (Å²) >= 11 is 0. The Morgan fingerprint density at radius 1 is 0.621 bits per heavy atom. The average molecular weight is 410 g/mol. The second-order valence-corrected chi connectivity index (χ2v) is 9.44. The van der Waals surface area contributed by atoms with E-state index in [9.17, 15) is 4.79 Å². The Hall–Kier alpha value is -0.370. The van der Waals surface area contributed by atoms with Gasteiger partial charge in [-0.15, -0.1) is 0 Å². The highest BCUT2D eigenvalue weighted by atomic mass is 16.1. The second-order valence-electron chi connectivity index (χ2n) is 9.44. The second kappa shape index (κ2) is 23.9. The highest BCUT2D eigenvalue weighted by Crippen LogP contribution is 2.17. The molecule has 0 aromatic rings. The number of Topliss-reactive ketones (excluding diaryl/α,β-unsaturated/α-hetero) is 1. The zero-order chi connectivity index (χ0) is 21.4. The number of hydrogen-bond acceptors (Lipinski definition) is 2. The van der Waals surface area contributed by atoms with Gasteiger partial charge in [-0.2, -0.15) is 0 Å². The van der Waals surface area contributed by atoms with Crippen LogP contribution in [0, 0.1) is 5.92 Å². The average Bonchev–Trinajstić information content (AvgIpc) is 2.70. The van der Waals surface area contributed by atoms with Crippen LogP contribution in [0.25, 0.3) is 0 Å². The lowest BCUT2D eigenvalue weighted by Crippen LogP contribution is -2.16. The molecule has 0 bridgehead atoms. The van der Waals surface area contributed by atoms with E-state index in [1.165, 1.54) is 122 Å². The molecule has 0 spiro atoms. The van der Waals surface area contributed by atoms with Crippen LogP contribution in [-0.2, 0) is 4.79 Å². The highest BCUT2D eigenvalue weighted by molar-refractivity contribution is 5.78. The van der Waals surface area contributed by atoms with Gasteiger partial charge in [0.2, 0.25) is 0 Å². The van der Waals surface area contributed by atoms with Crippen LogP contribution in [-0.4, -0.2) is 18.9 Å². The van der Waals surface area contributed by atoms with Crippen molar-refractivity contribution < 1.29 is 4.79 Å². The van der Waals surface area contributed by atoms with Gasteiger partial charge in [-0.05, 0) is 38.3 Å². The lowest BCUT2D eigenvalue weighted by atomic mass is 9.95. The summed E-state index contributed by atoms with van der Waals surface area (Å²) in [5.41, 5.74) is 0. The maximum Gasteiger partial charge on any atom is 0.133 e. The Morgan fingerprint density at radius 2 is 1.07 bits per heavy atom. The normalized spacial score (nSPS) is 12.4. The van der Waals surface area contributed by atoms with Crippen LogP contribution in [0.15, 0.2) is 0 Å². The Labute approximate surface area is 184 Å². The van der Waals surface area contributed by atoms with Gasteiger partial charge in [0.05, 0.1) is 0 Å². The fraction of sp³-hybridized carbons (Fsp3) is 0.963. The first-order chi connectivity index (χ1) is 14.2. The van der Waals surface area contributed by atoms with Gasteiger partial charge < -0.3 is 5.32 Å². The van der Waals surface area contributed by atoms with Gasteiger partial charge in [0.15, 0.2) is 0 Å². The molecule has 2 nitrogen and oxygen atoms in total. The Morgan fingerprint density at radius 3 is 1.62 bits per heavy atom. The van der Waals surface area contributed by atoms with E-state index in [0.717, 1.165) is 19.3 Å². The Balaban J connectivity index is 3.26. The van der Waals surface area contributed by atoms with E-state index in [1.54, 1.807) is 0 Å². The van der Waals surface area contributed by atoms with Crippen molar-refractivity contribution in [3.63, 3.8) is 0 Å². The molecular weight excluding hydrogens is 354 g/mol. The summed E-state index contributed by atoms with van der Waals surface area (Å²) in [5, 5.41) is 3.58. The van der Waals surface area contributed by atoms with Crippen molar-refractivity contribution in [2.75, 3.05) is 13.1 Å². The maximum absolute atomic E-state index is 12.1. The van der Waals surface area contributed by atoms with E-state index >= 15 is 0 Å². The molecule has 0 heterocycles. The summed E-state index contributed by atoms with van der Waals surface area (Å²) < 4.78 is 0. The smallest absolute Gasteiger partial charge is 0.133 e. The minimum absolute atomic E-state index is 0.504. The Kier molecular flexibility index (Phi) is 23.6. The minimum atomic E-state index is 0.504. The SMILES string of the molecule is CCCCCCCCNCCCCCCCC(=O)CC(C)CCCCCCCC. The number of carbonyl (C=O) groups is 1. The zero-order valence-corrected chi connectivity index (χ0v) is 20.5. The van der Waals surface area contributed by atoms with Crippen molar-refractivity contribution in [1.29, 1.82) is 0 Å². The van der Waals surface area contributed by atoms with Crippen molar-refractivity contribution in [3.8, 4) is 0 Å². The lowest BCUT2D eigenvalue weighted by Gasteiger charge is -2.10. The minimum Gasteiger partial charge on any atom is -0.317 e. The van der Waals surface area contributed by atoms with Crippen molar-refractivity contribution in [2.24, 2.45) is 5.92 Å². The van der Waals surface area contributed by atoms with E-state index in [2.05, 4.69) is 26.1 Å². The molecule has 0 rings (SSSR count). The quantitative estimate of drug-likeness (QED) is 0.162. The third-order valence-electron chi connectivity index (χ3n) is 6.14. The van der Waals surface area contributed by atoms with Crippen LogP contribution in [0.1, 0.15) is 149 Å². The summed E-state index contributed by atoms with van der Waals surface area (Å²) in [4.78, 5) is 12.1. The molecule has 0 aromatic carbocycles. The van der Waals surface area contributed by atoms with Crippen LogP contribution < -0.4 is 5.32 Å². The molecule has 0 aliphatic heterocycles. The summed E-state index contributed by atoms with van der Waals surface area (Å²) in [6.45, 7) is 9.17. The third kappa shape index (κ3) is 23.8. The third-order valence-corrected chi connectivity index (χ3v) is 6.14. The predicted molar refractivity (Wildman–Crippen MR) is 131 cm³/mol. The molecule has 174 valence electrons. The number of carbonyl (C=O) groups excluding carboxylic acids is 1. The first kappa shape index (κ1) is 28.6. The highest BCUT2D eigenvalue weighted by Gasteiger charge is 2.08. The lowest BCUT2D eigenvalue weighted by molar-refractivity contribution is -0.120. The van der Waals surface area contributed by atoms with Crippen LogP contribution >= 0.6 is 0 Å². The summed E-state index contributed by atoms with van der Waals surface area (Å²) in [7, 11) is 0. The molecular formula is C27H55NO. The molecule has 0 radical (unpaired) electrons. The van der Waals surface area contributed by atoms with Crippen molar-refractivity contribution in [1.82, 2.24) is 5.32 Å². The number of unbranched alkanes of at least 4 members (excludes halogenated alkanes) is 14. The summed E-state index contributed by atoms with van der Waals surface area (Å²) in [6.07, 6.45) is 25.5. The van der Waals surface area contributed by atoms with Gasteiger partial charge in [-0.1, -0.05) is 117 Å². The number of hydrogen-bond donors (Lipinski definition) is 1. The molecule has 0 saturated heterocycles. The largest absolute Gasteiger partial charge is 0.317 e. The van der Waals surface area contributed by atoms with Gasteiger partial charge >= 0.3 is 0 Å². The molecule has 1 N–H and O–H groups in total. The molecule has 0 fully saturated rings. The van der Waals surface area contributed by atoms with Gasteiger partial charge in [-0.25, -0.2) is 0 Å². The van der Waals surface area contributed by atoms with E-state index in [4.69, 9.17) is 0 Å². The molecule has 0 aliphatic rings. The van der Waals surface area contributed by atoms with Crippen LogP contribution in [0.5, 0.6) is 0 Å². The van der Waals surface area contributed by atoms with Gasteiger partial charge in [-0.3, -0.25) is 4.79 Å². The molecule has 0 amide bonds. The molecule has 1 unspecified atom stereocenters. The monoisotopic (exact) mass is 409 g/mol. The van der Waals surface area contributed by atoms with Crippen LogP contribution in [0.3, 0.4) is 0 Å². The Bertz CT molecular complexity index is 328. The molecule has 2 heteroatoms. The van der Waals surface area contributed by atoms with E-state index < -0.39 is 0 Å².